The number of hydrogen-bond acceptors (Lipinski definition) is 5. The fourth-order valence-corrected chi connectivity index (χ4v) is 3.87. The van der Waals surface area contributed by atoms with Crippen molar-refractivity contribution in [3.8, 4) is 0 Å². The van der Waals surface area contributed by atoms with E-state index >= 15 is 0 Å². The molecule has 1 saturated heterocycles. The van der Waals surface area contributed by atoms with Crippen LogP contribution in [-0.2, 0) is 19.9 Å². The third kappa shape index (κ3) is 4.45. The minimum Gasteiger partial charge on any atom is -0.383 e. The van der Waals surface area contributed by atoms with Crippen molar-refractivity contribution in [1.29, 1.82) is 0 Å². The van der Waals surface area contributed by atoms with Gasteiger partial charge in [0.05, 0.1) is 6.61 Å². The van der Waals surface area contributed by atoms with Gasteiger partial charge in [-0.3, -0.25) is 14.3 Å². The summed E-state index contributed by atoms with van der Waals surface area (Å²) >= 11 is 1.59. The Morgan fingerprint density at radius 1 is 1.37 bits per heavy atom. The Labute approximate surface area is 162 Å². The molecule has 7 nitrogen and oxygen atoms in total. The standard InChI is InChI=1S/C19H24N4O3S/c1-26-14-10-20-18(25)19(23-11-3-9-21-23)7-12-22(13-8-19)17(24)6-5-16-4-2-15-27-16/h2-6,9,11,15H,7-8,10,12-14H2,1H3,(H,20,25)/b6-5+. The van der Waals surface area contributed by atoms with Crippen LogP contribution in [0.3, 0.4) is 0 Å². The number of amides is 2. The van der Waals surface area contributed by atoms with Crippen LogP contribution in [-0.4, -0.2) is 59.8 Å². The average molecular weight is 388 g/mol. The molecule has 0 aromatic carbocycles. The summed E-state index contributed by atoms with van der Waals surface area (Å²) < 4.78 is 6.73. The minimum absolute atomic E-state index is 0.0303. The maximum atomic E-state index is 12.9. The smallest absolute Gasteiger partial charge is 0.248 e. The molecule has 27 heavy (non-hydrogen) atoms. The van der Waals surface area contributed by atoms with Crippen molar-refractivity contribution < 1.29 is 14.3 Å². The summed E-state index contributed by atoms with van der Waals surface area (Å²) in [5.41, 5.74) is -0.772. The lowest BCUT2D eigenvalue weighted by atomic mass is 9.86. The lowest BCUT2D eigenvalue weighted by molar-refractivity contribution is -0.137. The number of nitrogens with one attached hydrogen (secondary N) is 1. The van der Waals surface area contributed by atoms with Crippen LogP contribution in [0.2, 0.25) is 0 Å². The molecule has 144 valence electrons. The molecule has 8 heteroatoms. The number of thiophene rings is 1. The highest BCUT2D eigenvalue weighted by atomic mass is 32.1. The molecule has 1 aliphatic rings. The minimum atomic E-state index is -0.772. The summed E-state index contributed by atoms with van der Waals surface area (Å²) in [5, 5.41) is 9.22. The van der Waals surface area contributed by atoms with Gasteiger partial charge in [0.15, 0.2) is 0 Å². The highest BCUT2D eigenvalue weighted by Crippen LogP contribution is 2.30. The summed E-state index contributed by atoms with van der Waals surface area (Å²) in [5.74, 6) is -0.110. The van der Waals surface area contributed by atoms with E-state index in [1.54, 1.807) is 40.3 Å². The van der Waals surface area contributed by atoms with Crippen LogP contribution in [0.4, 0.5) is 0 Å². The molecule has 2 amide bonds. The van der Waals surface area contributed by atoms with Crippen molar-refractivity contribution in [1.82, 2.24) is 20.0 Å². The number of ether oxygens (including phenoxy) is 1. The third-order valence-electron chi connectivity index (χ3n) is 4.79. The van der Waals surface area contributed by atoms with Gasteiger partial charge in [-0.1, -0.05) is 6.07 Å². The zero-order valence-electron chi connectivity index (χ0n) is 15.3. The fourth-order valence-electron chi connectivity index (χ4n) is 3.26. The predicted molar refractivity (Wildman–Crippen MR) is 104 cm³/mol. The Morgan fingerprint density at radius 3 is 2.81 bits per heavy atom. The van der Waals surface area contributed by atoms with Crippen LogP contribution in [0, 0.1) is 0 Å². The number of nitrogens with zero attached hydrogens (tertiary/aromatic N) is 3. The second kappa shape index (κ2) is 8.96. The van der Waals surface area contributed by atoms with E-state index in [1.165, 1.54) is 0 Å². The van der Waals surface area contributed by atoms with E-state index in [9.17, 15) is 9.59 Å². The summed E-state index contributed by atoms with van der Waals surface area (Å²) in [4.78, 5) is 28.2. The molecular formula is C19H24N4O3S. The number of carbonyl (C=O) groups excluding carboxylic acids is 2. The second-order valence-electron chi connectivity index (χ2n) is 6.40. The molecular weight excluding hydrogens is 364 g/mol. The molecule has 1 aliphatic heterocycles. The van der Waals surface area contributed by atoms with Gasteiger partial charge in [0.25, 0.3) is 0 Å². The first-order valence-electron chi connectivity index (χ1n) is 8.93. The van der Waals surface area contributed by atoms with Crippen molar-refractivity contribution in [2.45, 2.75) is 18.4 Å². The maximum absolute atomic E-state index is 12.9. The van der Waals surface area contributed by atoms with Gasteiger partial charge in [-0.25, -0.2) is 0 Å². The Bertz CT molecular complexity index is 763. The molecule has 3 heterocycles. The molecule has 1 fully saturated rings. The number of carbonyl (C=O) groups is 2. The Balaban J connectivity index is 1.66. The van der Waals surface area contributed by atoms with Crippen LogP contribution in [0.25, 0.3) is 6.08 Å². The molecule has 2 aromatic heterocycles. The number of methoxy groups -OCH3 is 1. The zero-order valence-corrected chi connectivity index (χ0v) is 16.2. The van der Waals surface area contributed by atoms with Crippen molar-refractivity contribution in [3.05, 3.63) is 46.9 Å². The number of aromatic nitrogens is 2. The van der Waals surface area contributed by atoms with E-state index in [0.29, 0.717) is 39.1 Å². The van der Waals surface area contributed by atoms with Crippen LogP contribution in [0.1, 0.15) is 17.7 Å². The molecule has 0 bridgehead atoms. The summed E-state index contributed by atoms with van der Waals surface area (Å²) in [6.45, 7) is 1.92. The number of piperidine rings is 1. The molecule has 2 aromatic rings. The Hall–Kier alpha value is -2.45. The first-order chi connectivity index (χ1) is 13.2. The van der Waals surface area contributed by atoms with Gasteiger partial charge in [0.2, 0.25) is 11.8 Å². The quantitative estimate of drug-likeness (QED) is 0.579. The van der Waals surface area contributed by atoms with E-state index in [0.717, 1.165) is 4.88 Å². The van der Waals surface area contributed by atoms with Crippen molar-refractivity contribution >= 4 is 29.2 Å². The highest BCUT2D eigenvalue weighted by molar-refractivity contribution is 7.10. The summed E-state index contributed by atoms with van der Waals surface area (Å²) in [7, 11) is 1.60. The largest absolute Gasteiger partial charge is 0.383 e. The molecule has 0 atom stereocenters. The first kappa shape index (κ1) is 19.3. The maximum Gasteiger partial charge on any atom is 0.248 e. The van der Waals surface area contributed by atoms with E-state index in [2.05, 4.69) is 10.4 Å². The predicted octanol–water partition coefficient (Wildman–Crippen LogP) is 1.74. The average Bonchev–Trinajstić information content (AvgIpc) is 3.40. The SMILES string of the molecule is COCCNC(=O)C1(n2cccn2)CCN(C(=O)/C=C/c2cccs2)CC1. The molecule has 0 saturated carbocycles. The van der Waals surface area contributed by atoms with E-state index < -0.39 is 5.54 Å². The van der Waals surface area contributed by atoms with Gasteiger partial charge in [-0.15, -0.1) is 11.3 Å². The van der Waals surface area contributed by atoms with E-state index in [1.807, 2.05) is 35.9 Å². The third-order valence-corrected chi connectivity index (χ3v) is 5.63. The van der Waals surface area contributed by atoms with Gasteiger partial charge < -0.3 is 15.0 Å². The lowest BCUT2D eigenvalue weighted by Crippen LogP contribution is -2.56. The topological polar surface area (TPSA) is 76.5 Å². The molecule has 1 N–H and O–H groups in total. The number of likely N-dealkylation sites (tertiary alicyclic amines) is 1. The summed E-state index contributed by atoms with van der Waals surface area (Å²) in [6.07, 6.45) is 7.96. The lowest BCUT2D eigenvalue weighted by Gasteiger charge is -2.40. The van der Waals surface area contributed by atoms with Gasteiger partial charge in [-0.2, -0.15) is 5.10 Å². The molecule has 0 aliphatic carbocycles. The summed E-state index contributed by atoms with van der Waals surface area (Å²) in [6, 6.07) is 5.74. The number of hydrogen-bond donors (Lipinski definition) is 1. The van der Waals surface area contributed by atoms with Crippen molar-refractivity contribution in [2.24, 2.45) is 0 Å². The first-order valence-corrected chi connectivity index (χ1v) is 9.81. The van der Waals surface area contributed by atoms with Crippen LogP contribution in [0.15, 0.2) is 42.0 Å². The van der Waals surface area contributed by atoms with E-state index in [-0.39, 0.29) is 11.8 Å². The highest BCUT2D eigenvalue weighted by Gasteiger charge is 2.44. The van der Waals surface area contributed by atoms with Gasteiger partial charge >= 0.3 is 0 Å². The van der Waals surface area contributed by atoms with Crippen molar-refractivity contribution in [2.75, 3.05) is 33.4 Å². The normalized spacial score (nSPS) is 16.6. The Morgan fingerprint density at radius 2 is 2.19 bits per heavy atom. The molecule has 0 spiro atoms. The Kier molecular flexibility index (Phi) is 6.41. The zero-order chi connectivity index (χ0) is 19.1. The number of rotatable bonds is 7. The monoisotopic (exact) mass is 388 g/mol. The van der Waals surface area contributed by atoms with Crippen LogP contribution < -0.4 is 5.32 Å². The molecule has 0 radical (unpaired) electrons. The molecule has 0 unspecified atom stereocenters. The van der Waals surface area contributed by atoms with Gasteiger partial charge in [0, 0.05) is 50.1 Å². The van der Waals surface area contributed by atoms with Crippen LogP contribution >= 0.6 is 11.3 Å². The second-order valence-corrected chi connectivity index (χ2v) is 7.38. The van der Waals surface area contributed by atoms with E-state index in [4.69, 9.17) is 4.74 Å². The fraction of sp³-hybridized carbons (Fsp3) is 0.421. The van der Waals surface area contributed by atoms with Crippen molar-refractivity contribution in [3.63, 3.8) is 0 Å². The molecule has 3 rings (SSSR count). The van der Waals surface area contributed by atoms with Gasteiger partial charge in [-0.05, 0) is 36.4 Å². The van der Waals surface area contributed by atoms with Crippen LogP contribution in [0.5, 0.6) is 0 Å². The van der Waals surface area contributed by atoms with Gasteiger partial charge in [0.1, 0.15) is 5.54 Å².